The zero-order valence-corrected chi connectivity index (χ0v) is 10.8. The van der Waals surface area contributed by atoms with E-state index in [9.17, 15) is 0 Å². The third-order valence-electron chi connectivity index (χ3n) is 3.57. The second-order valence-corrected chi connectivity index (χ2v) is 5.81. The number of rotatable bonds is 3. The minimum Gasteiger partial charge on any atom is -0.123 e. The normalized spacial score (nSPS) is 19.6. The number of hydrogen-bond donors (Lipinski definition) is 0. The van der Waals surface area contributed by atoms with Crippen molar-refractivity contribution in [3.05, 3.63) is 35.4 Å². The van der Waals surface area contributed by atoms with Gasteiger partial charge in [0.15, 0.2) is 0 Å². The molecule has 1 aromatic rings. The smallest absolute Gasteiger partial charge is 0.0348 e. The van der Waals surface area contributed by atoms with Crippen LogP contribution in [0.2, 0.25) is 0 Å². The minimum atomic E-state index is 0.237. The summed E-state index contributed by atoms with van der Waals surface area (Å²) in [4.78, 5) is 0. The van der Waals surface area contributed by atoms with E-state index in [2.05, 4.69) is 31.2 Å². The van der Waals surface area contributed by atoms with Crippen molar-refractivity contribution in [3.63, 3.8) is 0 Å². The highest BCUT2D eigenvalue weighted by molar-refractivity contribution is 6.20. The van der Waals surface area contributed by atoms with E-state index in [1.807, 2.05) is 0 Å². The Hall–Kier alpha value is -0.490. The summed E-state index contributed by atoms with van der Waals surface area (Å²) in [6.07, 6.45) is 7.98. The number of benzene rings is 1. The van der Waals surface area contributed by atoms with E-state index in [1.165, 1.54) is 43.2 Å². The number of hydrogen-bond acceptors (Lipinski definition) is 0. The standard InChI is InChI=1S/C15H21Cl/c1-12(16)11-13-7-9-15(10-8-13)14-5-3-2-4-6-14/h7-10,12,14H,2-6,11H2,1H3. The van der Waals surface area contributed by atoms with Crippen molar-refractivity contribution < 1.29 is 0 Å². The molecule has 0 radical (unpaired) electrons. The first kappa shape index (κ1) is 12.0. The zero-order valence-electron chi connectivity index (χ0n) is 10.1. The quantitative estimate of drug-likeness (QED) is 0.655. The molecular formula is C15H21Cl. The maximum atomic E-state index is 6.00. The van der Waals surface area contributed by atoms with Gasteiger partial charge in [-0.15, -0.1) is 11.6 Å². The fourth-order valence-electron chi connectivity index (χ4n) is 2.69. The van der Waals surface area contributed by atoms with Gasteiger partial charge in [0.1, 0.15) is 0 Å². The molecule has 0 nitrogen and oxygen atoms in total. The molecule has 0 aliphatic heterocycles. The molecule has 1 saturated carbocycles. The summed E-state index contributed by atoms with van der Waals surface area (Å²) in [5.41, 5.74) is 2.90. The van der Waals surface area contributed by atoms with E-state index in [0.717, 1.165) is 12.3 Å². The molecule has 16 heavy (non-hydrogen) atoms. The molecule has 0 saturated heterocycles. The van der Waals surface area contributed by atoms with E-state index in [4.69, 9.17) is 11.6 Å². The van der Waals surface area contributed by atoms with Crippen molar-refractivity contribution in [1.82, 2.24) is 0 Å². The van der Waals surface area contributed by atoms with Gasteiger partial charge in [0.25, 0.3) is 0 Å². The summed E-state index contributed by atoms with van der Waals surface area (Å²) in [5.74, 6) is 0.816. The van der Waals surface area contributed by atoms with Crippen LogP contribution in [0.25, 0.3) is 0 Å². The van der Waals surface area contributed by atoms with Crippen molar-refractivity contribution in [2.45, 2.75) is 56.7 Å². The maximum absolute atomic E-state index is 6.00. The summed E-state index contributed by atoms with van der Waals surface area (Å²) in [6.45, 7) is 2.05. The molecule has 0 bridgehead atoms. The van der Waals surface area contributed by atoms with Crippen molar-refractivity contribution in [2.75, 3.05) is 0 Å². The van der Waals surface area contributed by atoms with Crippen LogP contribution in [0.5, 0.6) is 0 Å². The molecular weight excluding hydrogens is 216 g/mol. The largest absolute Gasteiger partial charge is 0.123 e. The fourth-order valence-corrected chi connectivity index (χ4v) is 2.86. The van der Waals surface area contributed by atoms with E-state index >= 15 is 0 Å². The first-order valence-corrected chi connectivity index (χ1v) is 6.92. The van der Waals surface area contributed by atoms with Crippen molar-refractivity contribution >= 4 is 11.6 Å². The molecule has 0 heterocycles. The number of alkyl halides is 1. The van der Waals surface area contributed by atoms with Crippen LogP contribution in [-0.2, 0) is 6.42 Å². The number of halogens is 1. The Kier molecular flexibility index (Phi) is 4.29. The molecule has 0 amide bonds. The fraction of sp³-hybridized carbons (Fsp3) is 0.600. The molecule has 1 heteroatoms. The topological polar surface area (TPSA) is 0 Å². The van der Waals surface area contributed by atoms with Gasteiger partial charge in [-0.1, -0.05) is 43.5 Å². The Balaban J connectivity index is 2.00. The summed E-state index contributed by atoms with van der Waals surface area (Å²) in [6, 6.07) is 9.13. The molecule has 88 valence electrons. The van der Waals surface area contributed by atoms with Gasteiger partial charge in [0.05, 0.1) is 0 Å². The van der Waals surface area contributed by atoms with E-state index in [-0.39, 0.29) is 5.38 Å². The molecule has 0 spiro atoms. The first-order valence-electron chi connectivity index (χ1n) is 6.48. The zero-order chi connectivity index (χ0) is 11.4. The molecule has 0 aromatic heterocycles. The maximum Gasteiger partial charge on any atom is 0.0348 e. The monoisotopic (exact) mass is 236 g/mol. The Bertz CT molecular complexity index is 307. The Morgan fingerprint density at radius 2 is 1.75 bits per heavy atom. The Morgan fingerprint density at radius 3 is 2.31 bits per heavy atom. The third kappa shape index (κ3) is 3.25. The van der Waals surface area contributed by atoms with Crippen LogP contribution in [0.3, 0.4) is 0 Å². The summed E-state index contributed by atoms with van der Waals surface area (Å²) in [5, 5.41) is 0.237. The van der Waals surface area contributed by atoms with E-state index < -0.39 is 0 Å². The lowest BCUT2D eigenvalue weighted by Gasteiger charge is -2.22. The Labute approximate surface area is 104 Å². The van der Waals surface area contributed by atoms with Crippen LogP contribution in [-0.4, -0.2) is 5.38 Å². The predicted molar refractivity (Wildman–Crippen MR) is 71.3 cm³/mol. The van der Waals surface area contributed by atoms with Crippen LogP contribution in [0, 0.1) is 0 Å². The van der Waals surface area contributed by atoms with Gasteiger partial charge in [0.2, 0.25) is 0 Å². The Morgan fingerprint density at radius 1 is 1.12 bits per heavy atom. The molecule has 1 unspecified atom stereocenters. The van der Waals surface area contributed by atoms with Gasteiger partial charge in [-0.2, -0.15) is 0 Å². The third-order valence-corrected chi connectivity index (χ3v) is 3.73. The molecule has 1 aliphatic rings. The van der Waals surface area contributed by atoms with Crippen LogP contribution >= 0.6 is 11.6 Å². The molecule has 2 rings (SSSR count). The van der Waals surface area contributed by atoms with Crippen LogP contribution in [0.4, 0.5) is 0 Å². The summed E-state index contributed by atoms with van der Waals surface area (Å²) in [7, 11) is 0. The highest BCUT2D eigenvalue weighted by atomic mass is 35.5. The van der Waals surface area contributed by atoms with Gasteiger partial charge in [-0.3, -0.25) is 0 Å². The van der Waals surface area contributed by atoms with Crippen molar-refractivity contribution in [3.8, 4) is 0 Å². The van der Waals surface area contributed by atoms with Gasteiger partial charge >= 0.3 is 0 Å². The summed E-state index contributed by atoms with van der Waals surface area (Å²) < 4.78 is 0. The molecule has 1 fully saturated rings. The van der Waals surface area contributed by atoms with Crippen molar-refractivity contribution in [1.29, 1.82) is 0 Å². The van der Waals surface area contributed by atoms with Gasteiger partial charge in [-0.25, -0.2) is 0 Å². The first-order chi connectivity index (χ1) is 7.75. The second kappa shape index (κ2) is 5.72. The molecule has 1 aromatic carbocycles. The van der Waals surface area contributed by atoms with Crippen molar-refractivity contribution in [2.24, 2.45) is 0 Å². The molecule has 0 N–H and O–H groups in total. The van der Waals surface area contributed by atoms with Crippen LogP contribution in [0.15, 0.2) is 24.3 Å². The predicted octanol–water partition coefficient (Wildman–Crippen LogP) is 4.90. The van der Waals surface area contributed by atoms with Crippen LogP contribution < -0.4 is 0 Å². The van der Waals surface area contributed by atoms with Gasteiger partial charge < -0.3 is 0 Å². The highest BCUT2D eigenvalue weighted by Gasteiger charge is 2.15. The van der Waals surface area contributed by atoms with E-state index in [0.29, 0.717) is 0 Å². The summed E-state index contributed by atoms with van der Waals surface area (Å²) >= 11 is 6.00. The lowest BCUT2D eigenvalue weighted by molar-refractivity contribution is 0.443. The molecule has 1 aliphatic carbocycles. The lowest BCUT2D eigenvalue weighted by Crippen LogP contribution is -2.04. The average molecular weight is 237 g/mol. The molecule has 1 atom stereocenters. The highest BCUT2D eigenvalue weighted by Crippen LogP contribution is 2.32. The second-order valence-electron chi connectivity index (χ2n) is 5.06. The van der Waals surface area contributed by atoms with Gasteiger partial charge in [0, 0.05) is 5.38 Å². The van der Waals surface area contributed by atoms with Gasteiger partial charge in [-0.05, 0) is 43.2 Å². The average Bonchev–Trinajstić information content (AvgIpc) is 2.30. The van der Waals surface area contributed by atoms with Crippen LogP contribution in [0.1, 0.15) is 56.1 Å². The SMILES string of the molecule is CC(Cl)Cc1ccc(C2CCCCC2)cc1. The lowest BCUT2D eigenvalue weighted by atomic mass is 9.84. The minimum absolute atomic E-state index is 0.237. The van der Waals surface area contributed by atoms with E-state index in [1.54, 1.807) is 0 Å².